The molecule has 1 aromatic carbocycles. The second-order valence-corrected chi connectivity index (χ2v) is 5.47. The summed E-state index contributed by atoms with van der Waals surface area (Å²) in [5.74, 6) is -1.28. The van der Waals surface area contributed by atoms with E-state index in [4.69, 9.17) is 21.1 Å². The van der Waals surface area contributed by atoms with Crippen molar-refractivity contribution < 1.29 is 32.6 Å². The number of hydrogen-bond acceptors (Lipinski definition) is 6. The number of carbonyl (C=O) groups is 2. The fraction of sp³-hybridized carbons (Fsp3) is 0.235. The van der Waals surface area contributed by atoms with Crippen molar-refractivity contribution >= 4 is 23.5 Å². The first-order valence-electron chi connectivity index (χ1n) is 7.56. The van der Waals surface area contributed by atoms with E-state index in [0.717, 1.165) is 0 Å². The maximum Gasteiger partial charge on any atom is 0.387 e. The molecule has 1 aromatic heterocycles. The van der Waals surface area contributed by atoms with E-state index in [9.17, 15) is 18.4 Å². The van der Waals surface area contributed by atoms with E-state index in [2.05, 4.69) is 15.0 Å². The highest BCUT2D eigenvalue weighted by molar-refractivity contribution is 6.29. The predicted molar refractivity (Wildman–Crippen MR) is 91.0 cm³/mol. The minimum atomic E-state index is -2.98. The number of benzene rings is 1. The smallest absolute Gasteiger partial charge is 0.387 e. The van der Waals surface area contributed by atoms with E-state index in [1.165, 1.54) is 43.6 Å². The molecule has 0 bridgehead atoms. The van der Waals surface area contributed by atoms with Gasteiger partial charge in [0.1, 0.15) is 5.15 Å². The van der Waals surface area contributed by atoms with Crippen LogP contribution in [0.3, 0.4) is 0 Å². The number of amides is 1. The molecule has 1 N–H and O–H groups in total. The van der Waals surface area contributed by atoms with Crippen LogP contribution in [0.25, 0.3) is 0 Å². The van der Waals surface area contributed by atoms with Gasteiger partial charge in [0.2, 0.25) is 0 Å². The standard InChI is InChI=1S/C17H15ClF2N2O5/c1-25-13-6-10(2-4-12(13)27-17(19)20)7-22-15(23)9-26-16(24)11-3-5-14(18)21-8-11/h2-6,8,17H,7,9H2,1H3,(H,22,23). The zero-order valence-electron chi connectivity index (χ0n) is 14.1. The van der Waals surface area contributed by atoms with Crippen LogP contribution < -0.4 is 14.8 Å². The number of hydrogen-bond donors (Lipinski definition) is 1. The molecule has 0 fully saturated rings. The molecule has 0 aliphatic heterocycles. The van der Waals surface area contributed by atoms with E-state index in [-0.39, 0.29) is 28.8 Å². The summed E-state index contributed by atoms with van der Waals surface area (Å²) < 4.78 is 38.7. The molecule has 0 saturated carbocycles. The van der Waals surface area contributed by atoms with Crippen LogP contribution in [0.4, 0.5) is 8.78 Å². The number of rotatable bonds is 8. The van der Waals surface area contributed by atoms with Crippen molar-refractivity contribution in [2.24, 2.45) is 0 Å². The summed E-state index contributed by atoms with van der Waals surface area (Å²) in [6, 6.07) is 7.09. The Kier molecular flexibility index (Phi) is 7.30. The van der Waals surface area contributed by atoms with Crippen LogP contribution in [0.15, 0.2) is 36.5 Å². The van der Waals surface area contributed by atoms with Crippen LogP contribution in [-0.4, -0.2) is 37.2 Å². The summed E-state index contributed by atoms with van der Waals surface area (Å²) in [6.45, 7) is -3.40. The summed E-state index contributed by atoms with van der Waals surface area (Å²) in [5.41, 5.74) is 0.738. The molecule has 0 spiro atoms. The van der Waals surface area contributed by atoms with E-state index < -0.39 is 25.1 Å². The Morgan fingerprint density at radius 2 is 2.00 bits per heavy atom. The third-order valence-corrected chi connectivity index (χ3v) is 3.45. The number of aromatic nitrogens is 1. The minimum Gasteiger partial charge on any atom is -0.493 e. The highest BCUT2D eigenvalue weighted by atomic mass is 35.5. The second-order valence-electron chi connectivity index (χ2n) is 5.09. The van der Waals surface area contributed by atoms with Gasteiger partial charge in [-0.15, -0.1) is 0 Å². The zero-order chi connectivity index (χ0) is 19.8. The summed E-state index contributed by atoms with van der Waals surface area (Å²) in [7, 11) is 1.31. The number of ether oxygens (including phenoxy) is 3. The summed E-state index contributed by atoms with van der Waals surface area (Å²) in [6.07, 6.45) is 1.23. The molecule has 144 valence electrons. The molecule has 0 unspecified atom stereocenters. The van der Waals surface area contributed by atoms with Gasteiger partial charge >= 0.3 is 12.6 Å². The maximum atomic E-state index is 12.3. The summed E-state index contributed by atoms with van der Waals surface area (Å²) in [4.78, 5) is 27.3. The van der Waals surface area contributed by atoms with E-state index in [0.29, 0.717) is 5.56 Å². The van der Waals surface area contributed by atoms with Gasteiger partial charge in [-0.1, -0.05) is 17.7 Å². The topological polar surface area (TPSA) is 86.8 Å². The lowest BCUT2D eigenvalue weighted by atomic mass is 10.2. The molecule has 1 heterocycles. The van der Waals surface area contributed by atoms with E-state index in [1.54, 1.807) is 0 Å². The lowest BCUT2D eigenvalue weighted by Gasteiger charge is -2.12. The van der Waals surface area contributed by atoms with Crippen LogP contribution in [0.1, 0.15) is 15.9 Å². The third-order valence-electron chi connectivity index (χ3n) is 3.23. The van der Waals surface area contributed by atoms with Gasteiger partial charge in [0, 0.05) is 12.7 Å². The first kappa shape index (κ1) is 20.4. The maximum absolute atomic E-state index is 12.3. The first-order valence-corrected chi connectivity index (χ1v) is 7.94. The fourth-order valence-corrected chi connectivity index (χ4v) is 2.09. The number of nitrogens with zero attached hydrogens (tertiary/aromatic N) is 1. The van der Waals surface area contributed by atoms with Crippen LogP contribution in [0, 0.1) is 0 Å². The molecule has 7 nitrogen and oxygen atoms in total. The first-order chi connectivity index (χ1) is 12.9. The highest BCUT2D eigenvalue weighted by Gasteiger charge is 2.13. The van der Waals surface area contributed by atoms with Crippen LogP contribution >= 0.6 is 11.6 Å². The van der Waals surface area contributed by atoms with Crippen LogP contribution in [0.2, 0.25) is 5.15 Å². The number of alkyl halides is 2. The molecular formula is C17H15ClF2N2O5. The Labute approximate surface area is 158 Å². The average molecular weight is 401 g/mol. The predicted octanol–water partition coefficient (Wildman–Crippen LogP) is 2.82. The van der Waals surface area contributed by atoms with E-state index >= 15 is 0 Å². The normalized spacial score (nSPS) is 10.4. The molecule has 1 amide bonds. The van der Waals surface area contributed by atoms with Gasteiger partial charge in [-0.05, 0) is 29.8 Å². The van der Waals surface area contributed by atoms with Crippen molar-refractivity contribution in [3.8, 4) is 11.5 Å². The van der Waals surface area contributed by atoms with Gasteiger partial charge in [0.05, 0.1) is 12.7 Å². The molecule has 2 rings (SSSR count). The molecule has 27 heavy (non-hydrogen) atoms. The number of halogens is 3. The quantitative estimate of drug-likeness (QED) is 0.541. The number of nitrogens with one attached hydrogen (secondary N) is 1. The molecule has 0 radical (unpaired) electrons. The van der Waals surface area contributed by atoms with Crippen molar-refractivity contribution in [1.82, 2.24) is 10.3 Å². The number of pyridine rings is 1. The Hall–Kier alpha value is -2.94. The van der Waals surface area contributed by atoms with E-state index in [1.807, 2.05) is 0 Å². The van der Waals surface area contributed by atoms with Gasteiger partial charge in [-0.2, -0.15) is 8.78 Å². The van der Waals surface area contributed by atoms with Crippen LogP contribution in [0.5, 0.6) is 11.5 Å². The Bertz CT molecular complexity index is 802. The number of methoxy groups -OCH3 is 1. The lowest BCUT2D eigenvalue weighted by Crippen LogP contribution is -2.28. The number of esters is 1. The van der Waals surface area contributed by atoms with Crippen molar-refractivity contribution in [1.29, 1.82) is 0 Å². The lowest BCUT2D eigenvalue weighted by molar-refractivity contribution is -0.124. The Morgan fingerprint density at radius 3 is 2.63 bits per heavy atom. The van der Waals surface area contributed by atoms with Crippen molar-refractivity contribution in [2.75, 3.05) is 13.7 Å². The molecule has 10 heteroatoms. The highest BCUT2D eigenvalue weighted by Crippen LogP contribution is 2.29. The molecule has 0 saturated heterocycles. The van der Waals surface area contributed by atoms with Gasteiger partial charge in [-0.3, -0.25) is 4.79 Å². The monoisotopic (exact) mass is 400 g/mol. The van der Waals surface area contributed by atoms with Gasteiger partial charge in [0.25, 0.3) is 5.91 Å². The fourth-order valence-electron chi connectivity index (χ4n) is 1.98. The number of carbonyl (C=O) groups excluding carboxylic acids is 2. The largest absolute Gasteiger partial charge is 0.493 e. The molecular weight excluding hydrogens is 386 g/mol. The minimum absolute atomic E-state index is 0.0736. The SMILES string of the molecule is COc1cc(CNC(=O)COC(=O)c2ccc(Cl)nc2)ccc1OC(F)F. The van der Waals surface area contributed by atoms with Gasteiger partial charge < -0.3 is 19.5 Å². The summed E-state index contributed by atoms with van der Waals surface area (Å²) in [5, 5.41) is 2.76. The van der Waals surface area contributed by atoms with Crippen LogP contribution in [-0.2, 0) is 16.1 Å². The van der Waals surface area contributed by atoms with Crippen molar-refractivity contribution in [3.63, 3.8) is 0 Å². The van der Waals surface area contributed by atoms with Gasteiger partial charge in [0.15, 0.2) is 18.1 Å². The third kappa shape index (κ3) is 6.37. The van der Waals surface area contributed by atoms with Crippen molar-refractivity contribution in [2.45, 2.75) is 13.2 Å². The molecule has 0 atom stereocenters. The molecule has 0 aliphatic carbocycles. The second kappa shape index (κ2) is 9.67. The molecule has 2 aromatic rings. The van der Waals surface area contributed by atoms with Gasteiger partial charge in [-0.25, -0.2) is 9.78 Å². The van der Waals surface area contributed by atoms with Crippen molar-refractivity contribution in [3.05, 3.63) is 52.8 Å². The Morgan fingerprint density at radius 1 is 1.22 bits per heavy atom. The Balaban J connectivity index is 1.84. The average Bonchev–Trinajstić information content (AvgIpc) is 2.65. The zero-order valence-corrected chi connectivity index (χ0v) is 14.8. The molecule has 0 aliphatic rings. The summed E-state index contributed by atoms with van der Waals surface area (Å²) >= 11 is 5.62.